The van der Waals surface area contributed by atoms with E-state index in [1.54, 1.807) is 18.2 Å². The molecule has 0 saturated carbocycles. The molecule has 2 aliphatic heterocycles. The zero-order valence-electron chi connectivity index (χ0n) is 24.2. The molecule has 17 heteroatoms. The van der Waals surface area contributed by atoms with Gasteiger partial charge in [0.25, 0.3) is 5.91 Å². The Hall–Kier alpha value is -4.77. The number of carbonyl (C=O) groups is 6. The van der Waals surface area contributed by atoms with Gasteiger partial charge < -0.3 is 30.7 Å². The van der Waals surface area contributed by atoms with E-state index in [1.807, 2.05) is 0 Å². The zero-order valence-corrected chi connectivity index (χ0v) is 24.2. The molecule has 2 aliphatic rings. The molecule has 0 aromatic heterocycles. The second kappa shape index (κ2) is 16.2. The number of ether oxygens (including phenoxy) is 1. The predicted molar refractivity (Wildman–Crippen MR) is 150 cm³/mol. The summed E-state index contributed by atoms with van der Waals surface area (Å²) in [5.41, 5.74) is 0.342. The van der Waals surface area contributed by atoms with Crippen LogP contribution in [0.25, 0.3) is 0 Å². The van der Waals surface area contributed by atoms with Gasteiger partial charge in [0.05, 0.1) is 12.1 Å². The van der Waals surface area contributed by atoms with Crippen molar-refractivity contribution in [2.75, 3.05) is 39.8 Å². The topological polar surface area (TPSA) is 231 Å². The summed E-state index contributed by atoms with van der Waals surface area (Å²) in [7, 11) is 1.38. The van der Waals surface area contributed by atoms with E-state index in [9.17, 15) is 44.3 Å². The van der Waals surface area contributed by atoms with Crippen molar-refractivity contribution in [1.29, 1.82) is 0 Å². The summed E-state index contributed by atoms with van der Waals surface area (Å²) in [6.07, 6.45) is 1.22. The normalized spacial score (nSPS) is 18.4. The molecule has 1 aromatic carbocycles. The minimum atomic E-state index is -0.981. The van der Waals surface area contributed by atoms with Crippen molar-refractivity contribution in [2.24, 2.45) is 4.99 Å². The number of nitrogens with zero attached hydrogens (tertiary/aromatic N) is 4. The number of carbonyl (C=O) groups excluding carboxylic acids is 6. The summed E-state index contributed by atoms with van der Waals surface area (Å²) in [6, 6.07) is 3.56. The number of phenols is 1. The third kappa shape index (κ3) is 9.37. The molecule has 44 heavy (non-hydrogen) atoms. The van der Waals surface area contributed by atoms with Crippen molar-refractivity contribution in [2.45, 2.75) is 50.2 Å². The maximum atomic E-state index is 12.7. The van der Waals surface area contributed by atoms with E-state index in [-0.39, 0.29) is 63.7 Å². The summed E-state index contributed by atoms with van der Waals surface area (Å²) in [4.78, 5) is 78.1. The van der Waals surface area contributed by atoms with Gasteiger partial charge in [-0.2, -0.15) is 0 Å². The van der Waals surface area contributed by atoms with Crippen LogP contribution >= 0.6 is 0 Å². The first-order valence-corrected chi connectivity index (χ1v) is 14.0. The number of para-hydroxylation sites is 1. The molecule has 6 amide bonds. The summed E-state index contributed by atoms with van der Waals surface area (Å²) in [6.45, 7) is -0.567. The highest BCUT2D eigenvalue weighted by atomic mass is 16.5. The van der Waals surface area contributed by atoms with E-state index < -0.39 is 47.7 Å². The molecule has 2 heterocycles. The lowest BCUT2D eigenvalue weighted by molar-refractivity contribution is -0.173. The standard InChI is InChI=1S/C27H37N7O10/c1-32(16-35)20(25(40)30-18-7-4-13-34(43)27(18)41)8-5-12-33(42)23(38)10-11-28-22(37)14-29-24(39)19-15-44-26(31-19)17-6-2-3-9-21(17)36/h2-3,6,9,16,18-20,36,42-43H,4-5,7-8,10-15H2,1H3,(H,28,37)(H,29,39)(H,30,40)/t18-,19+,20-/m0/s1. The maximum Gasteiger partial charge on any atom is 0.268 e. The number of hydrogen-bond donors (Lipinski definition) is 6. The van der Waals surface area contributed by atoms with Gasteiger partial charge in [-0.15, -0.1) is 0 Å². The average Bonchev–Trinajstić information content (AvgIpc) is 3.50. The van der Waals surface area contributed by atoms with Gasteiger partial charge in [0.2, 0.25) is 35.9 Å². The lowest BCUT2D eigenvalue weighted by Gasteiger charge is -2.30. The van der Waals surface area contributed by atoms with E-state index in [0.717, 1.165) is 4.90 Å². The molecule has 6 N–H and O–H groups in total. The fourth-order valence-corrected chi connectivity index (χ4v) is 4.51. The first-order chi connectivity index (χ1) is 21.0. The van der Waals surface area contributed by atoms with E-state index >= 15 is 0 Å². The fraction of sp³-hybridized carbons (Fsp3) is 0.519. The van der Waals surface area contributed by atoms with Crippen molar-refractivity contribution in [3.05, 3.63) is 29.8 Å². The number of nitrogens with one attached hydrogen (secondary N) is 3. The second-order valence-electron chi connectivity index (χ2n) is 10.2. The molecule has 1 aromatic rings. The number of amides is 6. The number of aromatic hydroxyl groups is 1. The Morgan fingerprint density at radius 1 is 1.23 bits per heavy atom. The number of likely N-dealkylation sites (N-methyl/N-ethyl adjacent to an activating group) is 1. The lowest BCUT2D eigenvalue weighted by atomic mass is 10.0. The van der Waals surface area contributed by atoms with Crippen LogP contribution in [0.1, 0.15) is 37.7 Å². The first-order valence-electron chi connectivity index (χ1n) is 14.0. The highest BCUT2D eigenvalue weighted by molar-refractivity contribution is 6.00. The summed E-state index contributed by atoms with van der Waals surface area (Å²) in [5, 5.41) is 38.0. The number of phenolic OH excluding ortho intramolecular Hbond substituents is 1. The van der Waals surface area contributed by atoms with Crippen LogP contribution in [0, 0.1) is 0 Å². The molecular weight excluding hydrogens is 582 g/mol. The fourth-order valence-electron chi connectivity index (χ4n) is 4.51. The molecule has 3 rings (SSSR count). The number of hydroxylamine groups is 4. The van der Waals surface area contributed by atoms with E-state index in [2.05, 4.69) is 20.9 Å². The second-order valence-corrected chi connectivity index (χ2v) is 10.2. The molecule has 1 saturated heterocycles. The Labute approximate surface area is 252 Å². The first kappa shape index (κ1) is 33.7. The van der Waals surface area contributed by atoms with Crippen LogP contribution in [-0.4, -0.2) is 130 Å². The van der Waals surface area contributed by atoms with E-state index in [0.29, 0.717) is 34.9 Å². The Morgan fingerprint density at radius 2 is 1.98 bits per heavy atom. The summed E-state index contributed by atoms with van der Waals surface area (Å²) >= 11 is 0. The quantitative estimate of drug-likeness (QED) is 0.0726. The molecule has 0 aliphatic carbocycles. The minimum Gasteiger partial charge on any atom is -0.507 e. The van der Waals surface area contributed by atoms with Gasteiger partial charge in [-0.1, -0.05) is 12.1 Å². The number of rotatable bonds is 15. The molecular formula is C27H37N7O10. The zero-order chi connectivity index (χ0) is 32.2. The van der Waals surface area contributed by atoms with Gasteiger partial charge in [-0.25, -0.2) is 15.1 Å². The largest absolute Gasteiger partial charge is 0.507 e. The summed E-state index contributed by atoms with van der Waals surface area (Å²) < 4.78 is 5.39. The van der Waals surface area contributed by atoms with Crippen molar-refractivity contribution >= 4 is 41.8 Å². The number of benzene rings is 1. The maximum absolute atomic E-state index is 12.7. The molecule has 0 unspecified atom stereocenters. The minimum absolute atomic E-state index is 0.0470. The van der Waals surface area contributed by atoms with Gasteiger partial charge in [0.15, 0.2) is 6.04 Å². The Morgan fingerprint density at radius 3 is 2.70 bits per heavy atom. The Kier molecular flexibility index (Phi) is 12.4. The predicted octanol–water partition coefficient (Wildman–Crippen LogP) is -1.89. The third-order valence-corrected chi connectivity index (χ3v) is 7.00. The van der Waals surface area contributed by atoms with Crippen LogP contribution in [0.3, 0.4) is 0 Å². The van der Waals surface area contributed by atoms with Crippen LogP contribution < -0.4 is 16.0 Å². The average molecular weight is 620 g/mol. The Balaban J connectivity index is 1.34. The van der Waals surface area contributed by atoms with Crippen molar-refractivity contribution in [3.63, 3.8) is 0 Å². The van der Waals surface area contributed by atoms with E-state index in [1.165, 1.54) is 13.1 Å². The molecule has 1 fully saturated rings. The van der Waals surface area contributed by atoms with Gasteiger partial charge >= 0.3 is 0 Å². The van der Waals surface area contributed by atoms with E-state index in [4.69, 9.17) is 4.74 Å². The molecule has 0 radical (unpaired) electrons. The van der Waals surface area contributed by atoms with Gasteiger partial charge in [-0.05, 0) is 37.8 Å². The Bertz CT molecular complexity index is 1260. The van der Waals surface area contributed by atoms with Crippen LogP contribution in [0.5, 0.6) is 5.75 Å². The SMILES string of the molecule is CN(C=O)[C@@H](CCCN(O)C(=O)CCNC(=O)CNC(=O)[C@H]1COC(c2ccccc2O)=N1)C(=O)N[C@H]1CCCN(O)C1=O. The lowest BCUT2D eigenvalue weighted by Crippen LogP contribution is -2.55. The van der Waals surface area contributed by atoms with Crippen LogP contribution in [0.15, 0.2) is 29.3 Å². The smallest absolute Gasteiger partial charge is 0.268 e. The van der Waals surface area contributed by atoms with Crippen LogP contribution in [0.4, 0.5) is 0 Å². The number of piperidine rings is 1. The van der Waals surface area contributed by atoms with Crippen molar-refractivity contribution < 1.29 is 49.0 Å². The summed E-state index contributed by atoms with van der Waals surface area (Å²) in [5.74, 6) is -3.03. The van der Waals surface area contributed by atoms with Gasteiger partial charge in [0, 0.05) is 33.1 Å². The van der Waals surface area contributed by atoms with Crippen molar-refractivity contribution in [3.8, 4) is 5.75 Å². The monoisotopic (exact) mass is 619 g/mol. The molecule has 240 valence electrons. The van der Waals surface area contributed by atoms with Gasteiger partial charge in [-0.3, -0.25) is 39.2 Å². The van der Waals surface area contributed by atoms with Gasteiger partial charge in [0.1, 0.15) is 24.4 Å². The molecule has 3 atom stereocenters. The van der Waals surface area contributed by atoms with Crippen molar-refractivity contribution in [1.82, 2.24) is 31.0 Å². The highest BCUT2D eigenvalue weighted by Gasteiger charge is 2.32. The number of hydrogen-bond acceptors (Lipinski definition) is 11. The van der Waals surface area contributed by atoms with Crippen LogP contribution in [0.2, 0.25) is 0 Å². The third-order valence-electron chi connectivity index (χ3n) is 7.00. The molecule has 17 nitrogen and oxygen atoms in total. The molecule has 0 bridgehead atoms. The number of aliphatic imine (C=N–C) groups is 1. The van der Waals surface area contributed by atoms with Crippen LogP contribution in [-0.2, 0) is 33.5 Å². The molecule has 0 spiro atoms. The highest BCUT2D eigenvalue weighted by Crippen LogP contribution is 2.21.